The van der Waals surface area contributed by atoms with Crippen LogP contribution in [0.5, 0.6) is 0 Å². The van der Waals surface area contributed by atoms with Crippen LogP contribution in [0.15, 0.2) is 30.5 Å². The summed E-state index contributed by atoms with van der Waals surface area (Å²) >= 11 is 0. The Morgan fingerprint density at radius 3 is 2.56 bits per heavy atom. The molecular weight excluding hydrogens is 338 g/mol. The van der Waals surface area contributed by atoms with Crippen LogP contribution in [0.1, 0.15) is 41.9 Å². The van der Waals surface area contributed by atoms with Crippen molar-refractivity contribution in [3.63, 3.8) is 0 Å². The van der Waals surface area contributed by atoms with Crippen molar-refractivity contribution >= 4 is 28.3 Å². The minimum absolute atomic E-state index is 0.122. The number of rotatable bonds is 6. The third-order valence-corrected chi connectivity index (χ3v) is 4.60. The first kappa shape index (κ1) is 18.9. The van der Waals surface area contributed by atoms with Crippen LogP contribution in [0.4, 0.5) is 11.4 Å². The van der Waals surface area contributed by atoms with Crippen molar-refractivity contribution in [2.75, 3.05) is 11.9 Å². The lowest BCUT2D eigenvalue weighted by atomic mass is 10.1. The molecule has 3 rings (SSSR count). The van der Waals surface area contributed by atoms with Crippen LogP contribution in [0.2, 0.25) is 0 Å². The maximum Gasteiger partial charge on any atom is 0.254 e. The summed E-state index contributed by atoms with van der Waals surface area (Å²) in [7, 11) is 1.86. The van der Waals surface area contributed by atoms with Crippen molar-refractivity contribution in [1.29, 1.82) is 0 Å². The van der Waals surface area contributed by atoms with Crippen LogP contribution < -0.4 is 10.6 Å². The molecule has 2 N–H and O–H groups in total. The van der Waals surface area contributed by atoms with Gasteiger partial charge in [0, 0.05) is 25.5 Å². The SMILES string of the molecule is Cc1ccc(Nc2c(C(=O)NCCC(C)C)cnc3c2c(C)nn3C)cc1. The van der Waals surface area contributed by atoms with E-state index in [0.717, 1.165) is 34.5 Å². The van der Waals surface area contributed by atoms with Crippen molar-refractivity contribution in [2.45, 2.75) is 34.1 Å². The summed E-state index contributed by atoms with van der Waals surface area (Å²) in [6.45, 7) is 8.91. The fraction of sp³-hybridized carbons (Fsp3) is 0.381. The monoisotopic (exact) mass is 365 g/mol. The zero-order valence-corrected chi connectivity index (χ0v) is 16.6. The summed E-state index contributed by atoms with van der Waals surface area (Å²) in [4.78, 5) is 17.3. The normalized spacial score (nSPS) is 11.2. The molecule has 0 fully saturated rings. The zero-order chi connectivity index (χ0) is 19.6. The van der Waals surface area contributed by atoms with Crippen LogP contribution in [0.3, 0.4) is 0 Å². The number of nitrogens with zero attached hydrogens (tertiary/aromatic N) is 3. The molecule has 3 aromatic rings. The molecule has 142 valence electrons. The molecule has 0 aliphatic heterocycles. The van der Waals surface area contributed by atoms with Crippen molar-refractivity contribution in [3.8, 4) is 0 Å². The lowest BCUT2D eigenvalue weighted by molar-refractivity contribution is 0.0952. The molecule has 0 saturated heterocycles. The van der Waals surface area contributed by atoms with E-state index in [0.29, 0.717) is 18.0 Å². The second kappa shape index (κ2) is 7.78. The number of aryl methyl sites for hydroxylation is 3. The van der Waals surface area contributed by atoms with E-state index in [1.54, 1.807) is 10.9 Å². The third-order valence-electron chi connectivity index (χ3n) is 4.60. The summed E-state index contributed by atoms with van der Waals surface area (Å²) < 4.78 is 1.74. The summed E-state index contributed by atoms with van der Waals surface area (Å²) in [6, 6.07) is 8.10. The molecular formula is C21H27N5O. The largest absolute Gasteiger partial charge is 0.354 e. The molecule has 0 spiro atoms. The molecule has 0 unspecified atom stereocenters. The number of carbonyl (C=O) groups is 1. The molecule has 0 saturated carbocycles. The lowest BCUT2D eigenvalue weighted by Gasteiger charge is -2.14. The van der Waals surface area contributed by atoms with Crippen LogP contribution in [-0.2, 0) is 7.05 Å². The number of hydrogen-bond acceptors (Lipinski definition) is 4. The molecule has 6 nitrogen and oxygen atoms in total. The van der Waals surface area contributed by atoms with Gasteiger partial charge >= 0.3 is 0 Å². The number of carbonyl (C=O) groups excluding carboxylic acids is 1. The number of anilines is 2. The minimum Gasteiger partial charge on any atom is -0.354 e. The first-order chi connectivity index (χ1) is 12.9. The highest BCUT2D eigenvalue weighted by Crippen LogP contribution is 2.31. The Labute approximate surface area is 160 Å². The molecule has 1 amide bonds. The highest BCUT2D eigenvalue weighted by Gasteiger charge is 2.20. The van der Waals surface area contributed by atoms with Crippen LogP contribution in [0, 0.1) is 19.8 Å². The van der Waals surface area contributed by atoms with Gasteiger partial charge in [0.25, 0.3) is 5.91 Å². The molecule has 0 atom stereocenters. The molecule has 0 aliphatic rings. The second-order valence-corrected chi connectivity index (χ2v) is 7.38. The van der Waals surface area contributed by atoms with Gasteiger partial charge in [-0.15, -0.1) is 0 Å². The summed E-state index contributed by atoms with van der Waals surface area (Å²) in [5.41, 5.74) is 4.98. The third kappa shape index (κ3) is 4.10. The van der Waals surface area contributed by atoms with Crippen molar-refractivity contribution < 1.29 is 4.79 Å². The van der Waals surface area contributed by atoms with E-state index in [-0.39, 0.29) is 5.91 Å². The van der Waals surface area contributed by atoms with Gasteiger partial charge in [0.1, 0.15) is 0 Å². The highest BCUT2D eigenvalue weighted by molar-refractivity contribution is 6.08. The minimum atomic E-state index is -0.122. The van der Waals surface area contributed by atoms with E-state index < -0.39 is 0 Å². The molecule has 6 heteroatoms. The van der Waals surface area contributed by atoms with E-state index in [2.05, 4.69) is 34.6 Å². The van der Waals surface area contributed by atoms with Gasteiger partial charge in [-0.1, -0.05) is 31.5 Å². The van der Waals surface area contributed by atoms with Crippen LogP contribution in [0.25, 0.3) is 11.0 Å². The lowest BCUT2D eigenvalue weighted by Crippen LogP contribution is -2.26. The molecule has 2 aromatic heterocycles. The van der Waals surface area contributed by atoms with E-state index in [1.165, 1.54) is 5.56 Å². The molecule has 1 aromatic carbocycles. The van der Waals surface area contributed by atoms with Gasteiger partial charge < -0.3 is 10.6 Å². The van der Waals surface area contributed by atoms with E-state index in [1.807, 2.05) is 45.2 Å². The molecule has 0 aliphatic carbocycles. The topological polar surface area (TPSA) is 71.8 Å². The number of benzene rings is 1. The Balaban J connectivity index is 2.03. The smallest absolute Gasteiger partial charge is 0.254 e. The van der Waals surface area contributed by atoms with Gasteiger partial charge in [0.15, 0.2) is 5.65 Å². The first-order valence-electron chi connectivity index (χ1n) is 9.31. The molecule has 27 heavy (non-hydrogen) atoms. The quantitative estimate of drug-likeness (QED) is 0.690. The number of pyridine rings is 1. The van der Waals surface area contributed by atoms with Gasteiger partial charge in [-0.25, -0.2) is 4.98 Å². The maximum absolute atomic E-state index is 12.8. The fourth-order valence-corrected chi connectivity index (χ4v) is 3.06. The highest BCUT2D eigenvalue weighted by atomic mass is 16.1. The Hall–Kier alpha value is -2.89. The summed E-state index contributed by atoms with van der Waals surface area (Å²) in [6.07, 6.45) is 2.57. The maximum atomic E-state index is 12.8. The Morgan fingerprint density at radius 1 is 1.19 bits per heavy atom. The Morgan fingerprint density at radius 2 is 1.89 bits per heavy atom. The molecule has 0 bridgehead atoms. The second-order valence-electron chi connectivity index (χ2n) is 7.38. The first-order valence-corrected chi connectivity index (χ1v) is 9.31. The molecule has 0 radical (unpaired) electrons. The number of nitrogens with one attached hydrogen (secondary N) is 2. The Kier molecular flexibility index (Phi) is 5.44. The van der Waals surface area contributed by atoms with Gasteiger partial charge in [-0.2, -0.15) is 5.10 Å². The number of fused-ring (bicyclic) bond motifs is 1. The van der Waals surface area contributed by atoms with Gasteiger partial charge in [-0.3, -0.25) is 9.48 Å². The van der Waals surface area contributed by atoms with Gasteiger partial charge in [0.2, 0.25) is 0 Å². The van der Waals surface area contributed by atoms with E-state index >= 15 is 0 Å². The zero-order valence-electron chi connectivity index (χ0n) is 16.6. The predicted octanol–water partition coefficient (Wildman–Crippen LogP) is 4.10. The van der Waals surface area contributed by atoms with E-state index in [4.69, 9.17) is 0 Å². The van der Waals surface area contributed by atoms with Crippen molar-refractivity contribution in [2.24, 2.45) is 13.0 Å². The number of hydrogen-bond donors (Lipinski definition) is 2. The van der Waals surface area contributed by atoms with Crippen LogP contribution in [-0.4, -0.2) is 27.2 Å². The van der Waals surface area contributed by atoms with E-state index in [9.17, 15) is 4.79 Å². The van der Waals surface area contributed by atoms with Gasteiger partial charge in [-0.05, 0) is 38.3 Å². The Bertz CT molecular complexity index is 957. The summed E-state index contributed by atoms with van der Waals surface area (Å²) in [5.74, 6) is 0.416. The van der Waals surface area contributed by atoms with Crippen molar-refractivity contribution in [1.82, 2.24) is 20.1 Å². The number of aromatic nitrogens is 3. The predicted molar refractivity (Wildman–Crippen MR) is 109 cm³/mol. The fourth-order valence-electron chi connectivity index (χ4n) is 3.06. The number of amides is 1. The molecule has 2 heterocycles. The van der Waals surface area contributed by atoms with Crippen LogP contribution >= 0.6 is 0 Å². The summed E-state index contributed by atoms with van der Waals surface area (Å²) in [5, 5.41) is 11.8. The van der Waals surface area contributed by atoms with Crippen molar-refractivity contribution in [3.05, 3.63) is 47.3 Å². The average Bonchev–Trinajstić information content (AvgIpc) is 2.91. The van der Waals surface area contributed by atoms with Gasteiger partial charge in [0.05, 0.1) is 22.3 Å². The average molecular weight is 365 g/mol. The standard InChI is InChI=1S/C21H27N5O/c1-13(2)10-11-22-21(27)17-12-23-20-18(15(4)25-26(20)5)19(17)24-16-8-6-14(3)7-9-16/h6-9,12-13H,10-11H2,1-5H3,(H,22,27)(H,23,24).